The zero-order chi connectivity index (χ0) is 17.2. The lowest BCUT2D eigenvalue weighted by Gasteiger charge is -2.38. The third kappa shape index (κ3) is 4.24. The fourth-order valence-electron chi connectivity index (χ4n) is 3.21. The summed E-state index contributed by atoms with van der Waals surface area (Å²) in [6.07, 6.45) is -1.57. The summed E-state index contributed by atoms with van der Waals surface area (Å²) in [6, 6.07) is 1.68. The van der Waals surface area contributed by atoms with Gasteiger partial charge >= 0.3 is 6.18 Å². The number of nitrogens with zero attached hydrogens (tertiary/aromatic N) is 1. The van der Waals surface area contributed by atoms with E-state index in [-0.39, 0.29) is 16.6 Å². The molecule has 1 rings (SSSR count). The van der Waals surface area contributed by atoms with Crippen molar-refractivity contribution in [3.05, 3.63) is 10.8 Å². The Labute approximate surface area is 134 Å². The number of allylic oxidation sites excluding steroid dienone is 1. The molecule has 2 nitrogen and oxygen atoms in total. The van der Waals surface area contributed by atoms with Crippen LogP contribution in [0.5, 0.6) is 0 Å². The van der Waals surface area contributed by atoms with Crippen molar-refractivity contribution in [2.24, 2.45) is 16.7 Å². The smallest absolute Gasteiger partial charge is 0.258 e. The summed E-state index contributed by atoms with van der Waals surface area (Å²) in [7, 11) is 0. The van der Waals surface area contributed by atoms with Crippen LogP contribution >= 0.6 is 11.8 Å². The second-order valence-corrected chi connectivity index (χ2v) is 8.01. The van der Waals surface area contributed by atoms with Gasteiger partial charge in [-0.1, -0.05) is 0 Å². The average molecular weight is 331 g/mol. The minimum atomic E-state index is -4.68. The topological polar surface area (TPSA) is 47.6 Å². The van der Waals surface area contributed by atoms with Crippen molar-refractivity contribution in [2.45, 2.75) is 53.1 Å². The van der Waals surface area contributed by atoms with Gasteiger partial charge in [0, 0.05) is 0 Å². The van der Waals surface area contributed by atoms with Gasteiger partial charge in [0.15, 0.2) is 5.25 Å². The third-order valence-electron chi connectivity index (χ3n) is 4.17. The number of halogens is 3. The van der Waals surface area contributed by atoms with Crippen molar-refractivity contribution in [3.63, 3.8) is 0 Å². The number of hydrogen-bond donors (Lipinski definition) is 1. The van der Waals surface area contributed by atoms with Crippen molar-refractivity contribution in [1.29, 1.82) is 10.7 Å². The van der Waals surface area contributed by atoms with Crippen LogP contribution < -0.4 is 0 Å². The highest BCUT2D eigenvalue weighted by Gasteiger charge is 2.56. The van der Waals surface area contributed by atoms with E-state index in [0.29, 0.717) is 0 Å². The van der Waals surface area contributed by atoms with Crippen LogP contribution in [0.15, 0.2) is 5.57 Å². The number of hydrogen-bond acceptors (Lipinski definition) is 3. The molecule has 0 aliphatic heterocycles. The lowest BCUT2D eigenvalue weighted by Crippen LogP contribution is -2.37. The van der Waals surface area contributed by atoms with Gasteiger partial charge in [-0.25, -0.2) is 0 Å². The molecular formula is C16H22F3N2S+. The van der Waals surface area contributed by atoms with E-state index in [2.05, 4.69) is 27.7 Å². The Morgan fingerprint density at radius 1 is 1.27 bits per heavy atom. The molecule has 1 aliphatic carbocycles. The van der Waals surface area contributed by atoms with E-state index in [0.717, 1.165) is 24.5 Å². The molecule has 1 fully saturated rings. The molecule has 1 aliphatic rings. The first-order valence-electron chi connectivity index (χ1n) is 7.23. The summed E-state index contributed by atoms with van der Waals surface area (Å²) in [4.78, 5) is 0. The highest BCUT2D eigenvalue weighted by Crippen LogP contribution is 2.58. The Balaban J connectivity index is 2.90. The fraction of sp³-hybridized carbons (Fsp3) is 0.750. The van der Waals surface area contributed by atoms with Crippen LogP contribution in [-0.4, -0.2) is 17.8 Å². The van der Waals surface area contributed by atoms with Gasteiger partial charge in [0.1, 0.15) is 16.4 Å². The Hall–Kier alpha value is -1.05. The van der Waals surface area contributed by atoms with Crippen molar-refractivity contribution in [3.8, 4) is 6.07 Å². The van der Waals surface area contributed by atoms with Crippen molar-refractivity contribution >= 4 is 17.6 Å². The third-order valence-corrected chi connectivity index (χ3v) is 6.07. The Morgan fingerprint density at radius 2 is 1.77 bits per heavy atom. The van der Waals surface area contributed by atoms with Gasteiger partial charge in [-0.2, -0.15) is 18.4 Å². The predicted molar refractivity (Wildman–Crippen MR) is 83.5 cm³/mol. The molecule has 0 spiro atoms. The van der Waals surface area contributed by atoms with Crippen molar-refractivity contribution in [1.82, 2.24) is 0 Å². The monoisotopic (exact) mass is 331 g/mol. The first-order valence-corrected chi connectivity index (χ1v) is 8.21. The summed E-state index contributed by atoms with van der Waals surface area (Å²) in [6.45, 7) is 8.42. The molecule has 0 amide bonds. The highest BCUT2D eigenvalue weighted by atomic mass is 32.2. The normalized spacial score (nSPS) is 21.6. The quantitative estimate of drug-likeness (QED) is 0.556. The van der Waals surface area contributed by atoms with Gasteiger partial charge in [-0.3, -0.25) is 5.41 Å². The zero-order valence-electron chi connectivity index (χ0n) is 13.4. The molecule has 0 heterocycles. The maximum absolute atomic E-state index is 12.8. The zero-order valence-corrected chi connectivity index (χ0v) is 14.2. The standard InChI is InChI=1S/C16H22F3N2S/c1-14(2)6-5-7-15(3,4)13(14)22-10-11(8-20)12(9-21)16(17,18)19/h11,21H,5-7,10H2,1-4H3/q+1/t11-/m1/s1. The van der Waals surface area contributed by atoms with Crippen LogP contribution in [0.25, 0.3) is 0 Å². The SMILES string of the molecule is CC1(C)CCCC(C)(C)[C+]1SC[C@@H](C#N)C(=C=N)C(F)(F)F. The Kier molecular flexibility index (Phi) is 5.70. The van der Waals surface area contributed by atoms with Gasteiger partial charge in [0.25, 0.3) is 0 Å². The number of nitriles is 1. The summed E-state index contributed by atoms with van der Waals surface area (Å²) in [5.41, 5.74) is -1.30. The number of thioether (sulfide) groups is 1. The van der Waals surface area contributed by atoms with Gasteiger partial charge in [-0.05, 0) is 52.8 Å². The minimum Gasteiger partial charge on any atom is -0.258 e. The van der Waals surface area contributed by atoms with Crippen molar-refractivity contribution < 1.29 is 13.2 Å². The maximum atomic E-state index is 12.8. The lowest BCUT2D eigenvalue weighted by molar-refractivity contribution is -0.0944. The van der Waals surface area contributed by atoms with Crippen LogP contribution in [0.1, 0.15) is 47.0 Å². The Morgan fingerprint density at radius 3 is 2.14 bits per heavy atom. The minimum absolute atomic E-state index is 0.0133. The summed E-state index contributed by atoms with van der Waals surface area (Å²) >= 11 is 1.35. The second-order valence-electron chi connectivity index (χ2n) is 6.98. The molecule has 0 aromatic rings. The molecular weight excluding hydrogens is 309 g/mol. The predicted octanol–water partition coefficient (Wildman–Crippen LogP) is 5.36. The fourth-order valence-corrected chi connectivity index (χ4v) is 4.77. The van der Waals surface area contributed by atoms with E-state index < -0.39 is 17.7 Å². The van der Waals surface area contributed by atoms with E-state index >= 15 is 0 Å². The maximum Gasteiger partial charge on any atom is 0.422 e. The molecule has 1 atom stereocenters. The first kappa shape index (κ1) is 19.0. The summed E-state index contributed by atoms with van der Waals surface area (Å²) in [5, 5.41) is 17.1. The van der Waals surface area contributed by atoms with Crippen LogP contribution in [-0.2, 0) is 0 Å². The number of alkyl halides is 3. The molecule has 0 radical (unpaired) electrons. The number of rotatable bonds is 4. The van der Waals surface area contributed by atoms with Crippen molar-refractivity contribution in [2.75, 3.05) is 5.75 Å². The van der Waals surface area contributed by atoms with Crippen LogP contribution in [0, 0.1) is 38.7 Å². The van der Waals surface area contributed by atoms with Gasteiger partial charge in [0.05, 0.1) is 29.5 Å². The molecule has 6 heteroatoms. The van der Waals surface area contributed by atoms with E-state index in [9.17, 15) is 13.2 Å². The molecule has 1 saturated carbocycles. The van der Waals surface area contributed by atoms with Crippen LogP contribution in [0.3, 0.4) is 0 Å². The lowest BCUT2D eigenvalue weighted by atomic mass is 9.65. The molecule has 0 aromatic carbocycles. The summed E-state index contributed by atoms with van der Waals surface area (Å²) < 4.78 is 38.5. The van der Waals surface area contributed by atoms with Crippen LogP contribution in [0.2, 0.25) is 0 Å². The van der Waals surface area contributed by atoms with E-state index in [4.69, 9.17) is 10.7 Å². The first-order chi connectivity index (χ1) is 9.95. The van der Waals surface area contributed by atoms with Gasteiger partial charge < -0.3 is 0 Å². The van der Waals surface area contributed by atoms with Crippen LogP contribution in [0.4, 0.5) is 13.2 Å². The molecule has 0 unspecified atom stereocenters. The average Bonchev–Trinajstić information content (AvgIpc) is 2.33. The Bertz CT molecular complexity index is 481. The molecule has 0 bridgehead atoms. The number of nitrogens with one attached hydrogen (secondary N) is 1. The molecule has 0 saturated heterocycles. The molecule has 122 valence electrons. The largest absolute Gasteiger partial charge is 0.422 e. The highest BCUT2D eigenvalue weighted by molar-refractivity contribution is 8.02. The van der Waals surface area contributed by atoms with E-state index in [1.165, 1.54) is 17.6 Å². The van der Waals surface area contributed by atoms with Gasteiger partial charge in [-0.15, -0.1) is 0 Å². The molecule has 22 heavy (non-hydrogen) atoms. The second kappa shape index (κ2) is 6.60. The molecule has 1 N–H and O–H groups in total. The van der Waals surface area contributed by atoms with Gasteiger partial charge in [0.2, 0.25) is 0 Å². The summed E-state index contributed by atoms with van der Waals surface area (Å²) in [5.74, 6) is 0.0742. The molecule has 0 aromatic heterocycles. The van der Waals surface area contributed by atoms with E-state index in [1.54, 1.807) is 6.07 Å². The van der Waals surface area contributed by atoms with E-state index in [1.807, 2.05) is 0 Å².